The molecule has 2 N–H and O–H groups in total. The van der Waals surface area contributed by atoms with Crippen molar-refractivity contribution < 1.29 is 10.2 Å². The molecule has 0 aliphatic heterocycles. The number of hydrogen-bond donors (Lipinski definition) is 2. The minimum absolute atomic E-state index is 0.0134. The van der Waals surface area contributed by atoms with E-state index in [0.717, 1.165) is 33.4 Å². The van der Waals surface area contributed by atoms with E-state index in [1.807, 2.05) is 28.9 Å². The fourth-order valence-electron chi connectivity index (χ4n) is 3.45. The van der Waals surface area contributed by atoms with E-state index in [4.69, 9.17) is 4.99 Å². The predicted molar refractivity (Wildman–Crippen MR) is 121 cm³/mol. The molecule has 1 aliphatic rings. The van der Waals surface area contributed by atoms with E-state index in [2.05, 4.69) is 26.4 Å². The zero-order valence-corrected chi connectivity index (χ0v) is 18.2. The molecular weight excluding hydrogens is 450 g/mol. The number of aromatic hydroxyl groups is 2. The number of aromatic nitrogens is 1. The topological polar surface area (TPSA) is 70.1 Å². The van der Waals surface area contributed by atoms with Crippen LogP contribution in [0.2, 0.25) is 0 Å². The van der Waals surface area contributed by atoms with Crippen molar-refractivity contribution in [2.75, 3.05) is 0 Å². The molecule has 0 saturated heterocycles. The number of phenols is 2. The van der Waals surface area contributed by atoms with Crippen molar-refractivity contribution >= 4 is 33.5 Å². The van der Waals surface area contributed by atoms with E-state index < -0.39 is 0 Å². The minimum atomic E-state index is -0.0134. The summed E-state index contributed by atoms with van der Waals surface area (Å²) in [6, 6.07) is 12.9. The van der Waals surface area contributed by atoms with Crippen molar-refractivity contribution in [3.63, 3.8) is 0 Å². The van der Waals surface area contributed by atoms with Gasteiger partial charge in [0.2, 0.25) is 4.80 Å². The number of benzene rings is 2. The van der Waals surface area contributed by atoms with Crippen LogP contribution in [0.3, 0.4) is 0 Å². The summed E-state index contributed by atoms with van der Waals surface area (Å²) in [4.78, 5) is 5.84. The highest BCUT2D eigenvalue weighted by atomic mass is 79.9. The zero-order chi connectivity index (χ0) is 20.2. The summed E-state index contributed by atoms with van der Waals surface area (Å²) in [5.41, 5.74) is 2.53. The second kappa shape index (κ2) is 8.97. The third-order valence-electron chi connectivity index (χ3n) is 5.02. The Labute approximate surface area is 181 Å². The maximum atomic E-state index is 10.1. The number of rotatable bonds is 4. The first-order valence-electron chi connectivity index (χ1n) is 9.67. The highest BCUT2D eigenvalue weighted by molar-refractivity contribution is 9.10. The molecule has 29 heavy (non-hydrogen) atoms. The molecule has 1 fully saturated rings. The number of hydrogen-bond acceptors (Lipinski definition) is 5. The normalized spacial score (nSPS) is 16.0. The quantitative estimate of drug-likeness (QED) is 0.492. The van der Waals surface area contributed by atoms with Crippen molar-refractivity contribution in [2.45, 2.75) is 38.1 Å². The van der Waals surface area contributed by atoms with Crippen LogP contribution < -0.4 is 4.80 Å². The van der Waals surface area contributed by atoms with Crippen LogP contribution in [-0.2, 0) is 0 Å². The second-order valence-electron chi connectivity index (χ2n) is 7.13. The Morgan fingerprint density at radius 1 is 1.03 bits per heavy atom. The Morgan fingerprint density at radius 2 is 1.79 bits per heavy atom. The van der Waals surface area contributed by atoms with Crippen molar-refractivity contribution in [3.05, 3.63) is 62.7 Å². The van der Waals surface area contributed by atoms with Crippen LogP contribution in [0.4, 0.5) is 0 Å². The number of thiazole rings is 1. The molecule has 1 aromatic heterocycles. The standard InChI is InChI=1S/C22H22BrN3O2S/c23-17-9-6-15(7-10-17)20-14-29-22(25-18-4-2-1-3-5-18)26(20)24-13-16-8-11-19(27)12-21(16)28/h6-14,18,27-28H,1-5H2. The Balaban J connectivity index is 1.77. The molecule has 4 rings (SSSR count). The van der Waals surface area contributed by atoms with Crippen LogP contribution in [-0.4, -0.2) is 27.1 Å². The molecule has 0 amide bonds. The molecule has 1 saturated carbocycles. The van der Waals surface area contributed by atoms with E-state index in [-0.39, 0.29) is 11.5 Å². The van der Waals surface area contributed by atoms with Crippen molar-refractivity contribution in [1.82, 2.24) is 4.68 Å². The van der Waals surface area contributed by atoms with Gasteiger partial charge >= 0.3 is 0 Å². The molecule has 1 aliphatic carbocycles. The van der Waals surface area contributed by atoms with E-state index in [1.54, 1.807) is 23.6 Å². The van der Waals surface area contributed by atoms with E-state index >= 15 is 0 Å². The van der Waals surface area contributed by atoms with E-state index in [1.165, 1.54) is 31.4 Å². The monoisotopic (exact) mass is 471 g/mol. The summed E-state index contributed by atoms with van der Waals surface area (Å²) >= 11 is 5.06. The number of phenolic OH excluding ortho intramolecular Hbond substituents is 2. The summed E-state index contributed by atoms with van der Waals surface area (Å²) in [6.45, 7) is 0. The van der Waals surface area contributed by atoms with E-state index in [9.17, 15) is 10.2 Å². The van der Waals surface area contributed by atoms with E-state index in [0.29, 0.717) is 11.6 Å². The number of halogens is 1. The molecule has 0 radical (unpaired) electrons. The molecule has 0 atom stereocenters. The number of nitrogens with zero attached hydrogens (tertiary/aromatic N) is 3. The molecule has 1 heterocycles. The molecule has 2 aromatic carbocycles. The predicted octanol–water partition coefficient (Wildman–Crippen LogP) is 5.51. The fraction of sp³-hybridized carbons (Fsp3) is 0.273. The first-order valence-corrected chi connectivity index (χ1v) is 11.3. The summed E-state index contributed by atoms with van der Waals surface area (Å²) in [6.07, 6.45) is 7.58. The third kappa shape index (κ3) is 4.79. The Bertz CT molecular complexity index is 1080. The Morgan fingerprint density at radius 3 is 2.52 bits per heavy atom. The molecule has 5 nitrogen and oxygen atoms in total. The highest BCUT2D eigenvalue weighted by Gasteiger charge is 2.14. The van der Waals surface area contributed by atoms with Crippen LogP contribution in [0, 0.1) is 0 Å². The minimum Gasteiger partial charge on any atom is -0.508 e. The fourth-order valence-corrected chi connectivity index (χ4v) is 4.62. The molecule has 3 aromatic rings. The van der Waals surface area contributed by atoms with Gasteiger partial charge in [0.05, 0.1) is 18.0 Å². The lowest BCUT2D eigenvalue weighted by atomic mass is 9.96. The molecule has 7 heteroatoms. The van der Waals surface area contributed by atoms with Crippen LogP contribution >= 0.6 is 27.3 Å². The third-order valence-corrected chi connectivity index (χ3v) is 6.38. The zero-order valence-electron chi connectivity index (χ0n) is 15.8. The van der Waals surface area contributed by atoms with Gasteiger partial charge in [-0.1, -0.05) is 47.3 Å². The van der Waals surface area contributed by atoms with Gasteiger partial charge in [-0.15, -0.1) is 11.3 Å². The summed E-state index contributed by atoms with van der Waals surface area (Å²) in [7, 11) is 0. The van der Waals surface area contributed by atoms with Gasteiger partial charge in [0.25, 0.3) is 0 Å². The second-order valence-corrected chi connectivity index (χ2v) is 8.88. The van der Waals surface area contributed by atoms with Crippen molar-refractivity contribution in [2.24, 2.45) is 10.1 Å². The smallest absolute Gasteiger partial charge is 0.206 e. The first-order chi connectivity index (χ1) is 14.1. The van der Waals surface area contributed by atoms with Gasteiger partial charge in [-0.25, -0.2) is 4.68 Å². The van der Waals surface area contributed by atoms with Crippen molar-refractivity contribution in [1.29, 1.82) is 0 Å². The summed E-state index contributed by atoms with van der Waals surface area (Å²) in [5, 5.41) is 26.3. The van der Waals surface area contributed by atoms with Crippen LogP contribution in [0.25, 0.3) is 11.3 Å². The first kappa shape index (κ1) is 19.9. The summed E-state index contributed by atoms with van der Waals surface area (Å²) in [5.74, 6) is 0.00640. The molecule has 150 valence electrons. The summed E-state index contributed by atoms with van der Waals surface area (Å²) < 4.78 is 2.86. The molecule has 0 bridgehead atoms. The van der Waals surface area contributed by atoms with Gasteiger partial charge in [-0.05, 0) is 37.1 Å². The van der Waals surface area contributed by atoms with Gasteiger partial charge in [-0.3, -0.25) is 4.99 Å². The van der Waals surface area contributed by atoms with Crippen LogP contribution in [0.1, 0.15) is 37.7 Å². The maximum Gasteiger partial charge on any atom is 0.206 e. The van der Waals surface area contributed by atoms with Crippen LogP contribution in [0.5, 0.6) is 11.5 Å². The van der Waals surface area contributed by atoms with Gasteiger partial charge in [0.1, 0.15) is 11.5 Å². The lowest BCUT2D eigenvalue weighted by Gasteiger charge is -2.16. The Kier molecular flexibility index (Phi) is 6.16. The highest BCUT2D eigenvalue weighted by Crippen LogP contribution is 2.25. The lowest BCUT2D eigenvalue weighted by molar-refractivity contribution is 0.435. The largest absolute Gasteiger partial charge is 0.508 e. The average Bonchev–Trinajstić information content (AvgIpc) is 3.11. The average molecular weight is 472 g/mol. The maximum absolute atomic E-state index is 10.1. The van der Waals surface area contributed by atoms with Gasteiger partial charge in [0.15, 0.2) is 0 Å². The molecule has 0 unspecified atom stereocenters. The van der Waals surface area contributed by atoms with Crippen molar-refractivity contribution in [3.8, 4) is 22.8 Å². The molecule has 0 spiro atoms. The van der Waals surface area contributed by atoms with Gasteiger partial charge in [0, 0.05) is 27.0 Å². The molecular formula is C22H22BrN3O2S. The van der Waals surface area contributed by atoms with Gasteiger partial charge < -0.3 is 10.2 Å². The van der Waals surface area contributed by atoms with Gasteiger partial charge in [-0.2, -0.15) is 5.10 Å². The Hall–Kier alpha value is -2.38. The lowest BCUT2D eigenvalue weighted by Crippen LogP contribution is -2.19. The van der Waals surface area contributed by atoms with Crippen LogP contribution in [0.15, 0.2) is 62.4 Å². The SMILES string of the molecule is Oc1ccc(C=Nn2c(-c3ccc(Br)cc3)csc2=NC2CCCCC2)c(O)c1.